The number of piperidine rings is 2. The first-order chi connectivity index (χ1) is 14.0. The third-order valence-electron chi connectivity index (χ3n) is 6.10. The summed E-state index contributed by atoms with van der Waals surface area (Å²) in [5.41, 5.74) is 0.575. The van der Waals surface area contributed by atoms with Gasteiger partial charge in [0.1, 0.15) is 11.9 Å². The fourth-order valence-electron chi connectivity index (χ4n) is 4.26. The highest BCUT2D eigenvalue weighted by Gasteiger charge is 2.42. The standard InChI is InChI=1S/C18H27N9O2/c1-24(2)9-10-26-12-18(4-3-15(26)28)5-7-25(8-6-18)17(29)14-11-19-21-16(14)27-13-20-22-23-27/h11,13H,3-10,12H2,1-2H3,(H,19,21). The molecule has 1 spiro atoms. The van der Waals surface area contributed by atoms with E-state index in [1.807, 2.05) is 23.9 Å². The summed E-state index contributed by atoms with van der Waals surface area (Å²) < 4.78 is 1.40. The Morgan fingerprint density at radius 3 is 2.76 bits per heavy atom. The molecular formula is C18H27N9O2. The molecule has 0 unspecified atom stereocenters. The molecule has 2 aliphatic heterocycles. The van der Waals surface area contributed by atoms with Crippen LogP contribution in [-0.4, -0.2) is 104 Å². The number of aromatic amines is 1. The van der Waals surface area contributed by atoms with Crippen LogP contribution in [0.3, 0.4) is 0 Å². The number of H-pyrrole nitrogens is 1. The summed E-state index contributed by atoms with van der Waals surface area (Å²) >= 11 is 0. The summed E-state index contributed by atoms with van der Waals surface area (Å²) in [6, 6.07) is 0. The first kappa shape index (κ1) is 19.5. The van der Waals surface area contributed by atoms with Crippen LogP contribution >= 0.6 is 0 Å². The number of carbonyl (C=O) groups is 2. The summed E-state index contributed by atoms with van der Waals surface area (Å²) in [4.78, 5) is 31.4. The maximum absolute atomic E-state index is 13.1. The maximum atomic E-state index is 13.1. The van der Waals surface area contributed by atoms with Gasteiger partial charge in [-0.15, -0.1) is 5.10 Å². The number of hydrogen-bond acceptors (Lipinski definition) is 7. The quantitative estimate of drug-likeness (QED) is 0.737. The largest absolute Gasteiger partial charge is 0.341 e. The van der Waals surface area contributed by atoms with Crippen molar-refractivity contribution >= 4 is 11.8 Å². The van der Waals surface area contributed by atoms with Gasteiger partial charge >= 0.3 is 0 Å². The van der Waals surface area contributed by atoms with Crippen molar-refractivity contribution in [3.05, 3.63) is 18.1 Å². The van der Waals surface area contributed by atoms with Crippen molar-refractivity contribution in [2.75, 3.05) is 46.8 Å². The predicted octanol–water partition coefficient (Wildman–Crippen LogP) is -0.208. The SMILES string of the molecule is CN(C)CCN1CC2(CCC1=O)CCN(C(=O)c1cn[nH]c1-n1cnnn1)CC2. The summed E-state index contributed by atoms with van der Waals surface area (Å²) in [5.74, 6) is 0.648. The van der Waals surface area contributed by atoms with Gasteiger partial charge in [0.15, 0.2) is 5.82 Å². The molecule has 4 rings (SSSR count). The van der Waals surface area contributed by atoms with Gasteiger partial charge in [-0.25, -0.2) is 0 Å². The Morgan fingerprint density at radius 1 is 1.28 bits per heavy atom. The molecule has 0 radical (unpaired) electrons. The van der Waals surface area contributed by atoms with E-state index in [-0.39, 0.29) is 17.2 Å². The Bertz CT molecular complexity index is 853. The van der Waals surface area contributed by atoms with E-state index in [1.165, 1.54) is 17.2 Å². The fraction of sp³-hybridized carbons (Fsp3) is 0.667. The van der Waals surface area contributed by atoms with Gasteiger partial charge in [-0.2, -0.15) is 9.78 Å². The van der Waals surface area contributed by atoms with Crippen LogP contribution < -0.4 is 0 Å². The van der Waals surface area contributed by atoms with Crippen molar-refractivity contribution in [2.45, 2.75) is 25.7 Å². The van der Waals surface area contributed by atoms with Gasteiger partial charge in [0.25, 0.3) is 5.91 Å². The molecule has 1 N–H and O–H groups in total. The highest BCUT2D eigenvalue weighted by molar-refractivity contribution is 5.97. The van der Waals surface area contributed by atoms with Crippen molar-refractivity contribution in [3.63, 3.8) is 0 Å². The molecule has 2 aliphatic rings. The van der Waals surface area contributed by atoms with Crippen LogP contribution in [0.25, 0.3) is 5.82 Å². The van der Waals surface area contributed by atoms with E-state index < -0.39 is 0 Å². The molecule has 2 aromatic rings. The zero-order valence-corrected chi connectivity index (χ0v) is 16.9. The fourth-order valence-corrected chi connectivity index (χ4v) is 4.26. The minimum Gasteiger partial charge on any atom is -0.341 e. The number of hydrogen-bond donors (Lipinski definition) is 1. The molecule has 0 atom stereocenters. The van der Waals surface area contributed by atoms with Crippen molar-refractivity contribution in [1.29, 1.82) is 0 Å². The number of carbonyl (C=O) groups excluding carboxylic acids is 2. The van der Waals surface area contributed by atoms with E-state index in [0.717, 1.165) is 38.9 Å². The number of rotatable bonds is 5. The highest BCUT2D eigenvalue weighted by atomic mass is 16.2. The van der Waals surface area contributed by atoms with Crippen LogP contribution in [0, 0.1) is 5.41 Å². The van der Waals surface area contributed by atoms with Crippen molar-refractivity contribution in [2.24, 2.45) is 5.41 Å². The minimum atomic E-state index is -0.0737. The molecule has 0 aliphatic carbocycles. The third kappa shape index (κ3) is 4.00. The normalized spacial score (nSPS) is 19.3. The van der Waals surface area contributed by atoms with Gasteiger partial charge < -0.3 is 14.7 Å². The second kappa shape index (κ2) is 7.90. The van der Waals surface area contributed by atoms with E-state index in [1.54, 1.807) is 0 Å². The van der Waals surface area contributed by atoms with Crippen molar-refractivity contribution in [3.8, 4) is 5.82 Å². The van der Waals surface area contributed by atoms with Gasteiger partial charge in [-0.05, 0) is 49.2 Å². The first-order valence-electron chi connectivity index (χ1n) is 9.96. The van der Waals surface area contributed by atoms with E-state index in [2.05, 4.69) is 30.6 Å². The molecule has 29 heavy (non-hydrogen) atoms. The lowest BCUT2D eigenvalue weighted by molar-refractivity contribution is -0.139. The number of tetrazole rings is 1. The first-order valence-corrected chi connectivity index (χ1v) is 9.96. The van der Waals surface area contributed by atoms with E-state index in [9.17, 15) is 9.59 Å². The summed E-state index contributed by atoms with van der Waals surface area (Å²) in [6.45, 7) is 3.78. The number of nitrogens with one attached hydrogen (secondary N) is 1. The van der Waals surface area contributed by atoms with Gasteiger partial charge in [-0.1, -0.05) is 0 Å². The van der Waals surface area contributed by atoms with Crippen LogP contribution in [0.5, 0.6) is 0 Å². The Balaban J connectivity index is 1.40. The van der Waals surface area contributed by atoms with Crippen LogP contribution in [-0.2, 0) is 4.79 Å². The second-order valence-corrected chi connectivity index (χ2v) is 8.30. The summed E-state index contributed by atoms with van der Waals surface area (Å²) in [6.07, 6.45) is 6.27. The smallest absolute Gasteiger partial charge is 0.259 e. The molecule has 4 heterocycles. The van der Waals surface area contributed by atoms with Gasteiger partial charge in [0.05, 0.1) is 6.20 Å². The van der Waals surface area contributed by atoms with Gasteiger partial charge in [0, 0.05) is 39.1 Å². The zero-order chi connectivity index (χ0) is 20.4. The van der Waals surface area contributed by atoms with E-state index in [4.69, 9.17) is 0 Å². The van der Waals surface area contributed by atoms with Crippen molar-refractivity contribution in [1.82, 2.24) is 45.1 Å². The molecular weight excluding hydrogens is 374 g/mol. The molecule has 2 saturated heterocycles. The molecule has 11 heteroatoms. The molecule has 2 amide bonds. The lowest BCUT2D eigenvalue weighted by Crippen LogP contribution is -2.53. The molecule has 2 aromatic heterocycles. The lowest BCUT2D eigenvalue weighted by Gasteiger charge is -2.47. The molecule has 0 saturated carbocycles. The predicted molar refractivity (Wildman–Crippen MR) is 103 cm³/mol. The number of likely N-dealkylation sites (N-methyl/N-ethyl adjacent to an activating group) is 1. The van der Waals surface area contributed by atoms with Crippen molar-refractivity contribution < 1.29 is 9.59 Å². The monoisotopic (exact) mass is 401 g/mol. The molecule has 2 fully saturated rings. The third-order valence-corrected chi connectivity index (χ3v) is 6.10. The van der Waals surface area contributed by atoms with Crippen LogP contribution in [0.15, 0.2) is 12.5 Å². The van der Waals surface area contributed by atoms with E-state index >= 15 is 0 Å². The summed E-state index contributed by atoms with van der Waals surface area (Å²) in [7, 11) is 4.04. The minimum absolute atomic E-state index is 0.0737. The molecule has 156 valence electrons. The topological polar surface area (TPSA) is 116 Å². The van der Waals surface area contributed by atoms with E-state index in [0.29, 0.717) is 30.9 Å². The van der Waals surface area contributed by atoms with Crippen LogP contribution in [0.2, 0.25) is 0 Å². The average molecular weight is 401 g/mol. The van der Waals surface area contributed by atoms with Gasteiger partial charge in [0.2, 0.25) is 5.91 Å². The molecule has 0 aromatic carbocycles. The number of nitrogens with zero attached hydrogens (tertiary/aromatic N) is 8. The zero-order valence-electron chi connectivity index (χ0n) is 16.9. The number of amides is 2. The average Bonchev–Trinajstić information content (AvgIpc) is 3.40. The Labute approximate surface area is 169 Å². The molecule has 11 nitrogen and oxygen atoms in total. The Hall–Kier alpha value is -2.82. The lowest BCUT2D eigenvalue weighted by atomic mass is 9.72. The number of aromatic nitrogens is 6. The van der Waals surface area contributed by atoms with Crippen LogP contribution in [0.4, 0.5) is 0 Å². The molecule has 0 bridgehead atoms. The van der Waals surface area contributed by atoms with Gasteiger partial charge in [-0.3, -0.25) is 14.7 Å². The second-order valence-electron chi connectivity index (χ2n) is 8.30. The highest BCUT2D eigenvalue weighted by Crippen LogP contribution is 2.40. The Kier molecular flexibility index (Phi) is 5.31. The van der Waals surface area contributed by atoms with Crippen LogP contribution in [0.1, 0.15) is 36.0 Å². The Morgan fingerprint density at radius 2 is 2.07 bits per heavy atom. The maximum Gasteiger partial charge on any atom is 0.259 e. The number of likely N-dealkylation sites (tertiary alicyclic amines) is 2. The summed E-state index contributed by atoms with van der Waals surface area (Å²) in [5, 5.41) is 17.8.